The zero-order valence-electron chi connectivity index (χ0n) is 14.8. The highest BCUT2D eigenvalue weighted by atomic mass is 32.2. The fourth-order valence-corrected chi connectivity index (χ4v) is 3.90. The molecular weight excluding hydrogens is 354 g/mol. The van der Waals surface area contributed by atoms with Crippen molar-refractivity contribution in [2.75, 3.05) is 13.7 Å². The molecule has 7 heteroatoms. The lowest BCUT2D eigenvalue weighted by atomic mass is 10.2. The molecule has 0 radical (unpaired) electrons. The summed E-state index contributed by atoms with van der Waals surface area (Å²) in [6, 6.07) is 14.5. The summed E-state index contributed by atoms with van der Waals surface area (Å²) in [6.07, 6.45) is 0.822. The molecule has 0 aliphatic carbocycles. The van der Waals surface area contributed by atoms with E-state index in [1.807, 2.05) is 6.92 Å². The second kappa shape index (κ2) is 9.24. The molecule has 26 heavy (non-hydrogen) atoms. The van der Waals surface area contributed by atoms with Gasteiger partial charge < -0.3 is 14.8 Å². The van der Waals surface area contributed by atoms with Gasteiger partial charge in [0.2, 0.25) is 9.84 Å². The molecule has 0 aromatic heterocycles. The second-order valence-electron chi connectivity index (χ2n) is 5.65. The van der Waals surface area contributed by atoms with Crippen LogP contribution in [0, 0.1) is 0 Å². The van der Waals surface area contributed by atoms with Crippen molar-refractivity contribution in [1.82, 2.24) is 5.32 Å². The number of nitrogens with one attached hydrogen (secondary N) is 1. The minimum absolute atomic E-state index is 0.120. The molecule has 0 heterocycles. The van der Waals surface area contributed by atoms with Gasteiger partial charge in [-0.3, -0.25) is 0 Å². The van der Waals surface area contributed by atoms with Crippen LogP contribution >= 0.6 is 0 Å². The zero-order valence-corrected chi connectivity index (χ0v) is 15.7. The third-order valence-corrected chi connectivity index (χ3v) is 5.72. The average molecular weight is 377 g/mol. The Balaban J connectivity index is 2.33. The summed E-state index contributed by atoms with van der Waals surface area (Å²) in [6.45, 7) is 2.21. The van der Waals surface area contributed by atoms with Crippen LogP contribution in [0.4, 0.5) is 4.79 Å². The van der Waals surface area contributed by atoms with Gasteiger partial charge in [-0.25, -0.2) is 13.2 Å². The van der Waals surface area contributed by atoms with Crippen molar-refractivity contribution in [2.24, 2.45) is 0 Å². The Bertz CT molecular complexity index is 804. The predicted molar refractivity (Wildman–Crippen MR) is 98.8 cm³/mol. The van der Waals surface area contributed by atoms with E-state index < -0.39 is 21.3 Å². The van der Waals surface area contributed by atoms with Gasteiger partial charge in [0.25, 0.3) is 0 Å². The summed E-state index contributed by atoms with van der Waals surface area (Å²) < 4.78 is 36.3. The smallest absolute Gasteiger partial charge is 0.408 e. The Hall–Kier alpha value is -2.54. The normalized spacial score (nSPS) is 12.2. The Kier molecular flexibility index (Phi) is 7.03. The van der Waals surface area contributed by atoms with Gasteiger partial charge in [0.1, 0.15) is 5.75 Å². The second-order valence-corrected chi connectivity index (χ2v) is 7.68. The minimum atomic E-state index is -3.85. The van der Waals surface area contributed by atoms with Crippen LogP contribution in [0.5, 0.6) is 5.75 Å². The van der Waals surface area contributed by atoms with Crippen LogP contribution in [0.2, 0.25) is 0 Å². The lowest BCUT2D eigenvalue weighted by molar-refractivity contribution is 0.143. The van der Waals surface area contributed by atoms with Crippen molar-refractivity contribution in [2.45, 2.75) is 30.0 Å². The first-order valence-corrected chi connectivity index (χ1v) is 9.90. The number of methoxy groups -OCH3 is 1. The molecule has 0 saturated carbocycles. The average Bonchev–Trinajstić information content (AvgIpc) is 2.67. The van der Waals surface area contributed by atoms with Crippen molar-refractivity contribution < 1.29 is 22.7 Å². The summed E-state index contributed by atoms with van der Waals surface area (Å²) in [5.74, 6) is 0.593. The van der Waals surface area contributed by atoms with E-state index in [4.69, 9.17) is 9.47 Å². The summed E-state index contributed by atoms with van der Waals surface area (Å²) in [7, 11) is -2.33. The maximum atomic E-state index is 13.1. The number of hydrogen-bond acceptors (Lipinski definition) is 5. The number of unbranched alkanes of at least 4 members (excludes halogenated alkanes) is 1. The molecule has 1 N–H and O–H groups in total. The van der Waals surface area contributed by atoms with Gasteiger partial charge in [-0.1, -0.05) is 43.7 Å². The van der Waals surface area contributed by atoms with Crippen LogP contribution in [0.3, 0.4) is 0 Å². The van der Waals surface area contributed by atoms with E-state index >= 15 is 0 Å². The highest BCUT2D eigenvalue weighted by Crippen LogP contribution is 2.28. The fraction of sp³-hybridized carbons (Fsp3) is 0.316. The number of alkyl carbamates (subject to hydrolysis) is 1. The standard InChI is InChI=1S/C19H23NO5S/c1-3-4-14-25-19(21)20-18(15-10-12-16(24-2)13-11-15)26(22,23)17-8-6-5-7-9-17/h5-13,18H,3-4,14H2,1-2H3,(H,20,21). The van der Waals surface area contributed by atoms with Crippen LogP contribution in [-0.4, -0.2) is 28.2 Å². The summed E-state index contributed by atoms with van der Waals surface area (Å²) in [4.78, 5) is 12.2. The number of amides is 1. The molecule has 0 aliphatic rings. The van der Waals surface area contributed by atoms with Gasteiger partial charge in [0.05, 0.1) is 18.6 Å². The van der Waals surface area contributed by atoms with Gasteiger partial charge in [-0.05, 0) is 36.2 Å². The van der Waals surface area contributed by atoms with Crippen molar-refractivity contribution in [3.05, 3.63) is 60.2 Å². The Labute approximate surface area is 154 Å². The number of sulfone groups is 1. The highest BCUT2D eigenvalue weighted by molar-refractivity contribution is 7.91. The van der Waals surface area contributed by atoms with Gasteiger partial charge in [0, 0.05) is 0 Å². The molecule has 0 aliphatic heterocycles. The molecule has 0 spiro atoms. The van der Waals surface area contributed by atoms with E-state index in [1.165, 1.54) is 19.2 Å². The van der Waals surface area contributed by atoms with Crippen LogP contribution in [0.25, 0.3) is 0 Å². The van der Waals surface area contributed by atoms with Crippen molar-refractivity contribution >= 4 is 15.9 Å². The molecule has 2 aromatic carbocycles. The molecule has 1 amide bonds. The number of carbonyl (C=O) groups is 1. The summed E-state index contributed by atoms with van der Waals surface area (Å²) >= 11 is 0. The summed E-state index contributed by atoms with van der Waals surface area (Å²) in [5.41, 5.74) is 0.419. The maximum Gasteiger partial charge on any atom is 0.408 e. The third kappa shape index (κ3) is 4.98. The van der Waals surface area contributed by atoms with Gasteiger partial charge >= 0.3 is 6.09 Å². The number of hydrogen-bond donors (Lipinski definition) is 1. The minimum Gasteiger partial charge on any atom is -0.497 e. The first-order chi connectivity index (χ1) is 12.5. The monoisotopic (exact) mass is 377 g/mol. The third-order valence-electron chi connectivity index (χ3n) is 3.78. The summed E-state index contributed by atoms with van der Waals surface area (Å²) in [5, 5.41) is 1.22. The Morgan fingerprint density at radius 3 is 2.31 bits per heavy atom. The van der Waals surface area contributed by atoms with Crippen molar-refractivity contribution in [3.8, 4) is 5.75 Å². The SMILES string of the molecule is CCCCOC(=O)NC(c1ccc(OC)cc1)S(=O)(=O)c1ccccc1. The quantitative estimate of drug-likeness (QED) is 0.710. The highest BCUT2D eigenvalue weighted by Gasteiger charge is 2.31. The van der Waals surface area contributed by atoms with E-state index in [2.05, 4.69) is 5.32 Å². The number of rotatable bonds is 8. The van der Waals surface area contributed by atoms with Gasteiger partial charge in [-0.15, -0.1) is 0 Å². The Morgan fingerprint density at radius 2 is 1.73 bits per heavy atom. The zero-order chi connectivity index (χ0) is 19.0. The molecule has 1 unspecified atom stereocenters. The molecule has 140 valence electrons. The predicted octanol–water partition coefficient (Wildman–Crippen LogP) is 3.69. The molecule has 0 bridgehead atoms. The lowest BCUT2D eigenvalue weighted by Gasteiger charge is -2.20. The number of benzene rings is 2. The molecular formula is C19H23NO5S. The van der Waals surface area contributed by atoms with Crippen LogP contribution in [0.15, 0.2) is 59.5 Å². The molecule has 0 fully saturated rings. The molecule has 2 rings (SSSR count). The van der Waals surface area contributed by atoms with E-state index in [1.54, 1.807) is 42.5 Å². The topological polar surface area (TPSA) is 81.7 Å². The van der Waals surface area contributed by atoms with Gasteiger partial charge in [0.15, 0.2) is 5.37 Å². The van der Waals surface area contributed by atoms with Crippen LogP contribution in [-0.2, 0) is 14.6 Å². The first-order valence-electron chi connectivity index (χ1n) is 8.35. The Morgan fingerprint density at radius 1 is 1.08 bits per heavy atom. The number of carbonyl (C=O) groups excluding carboxylic acids is 1. The van der Waals surface area contributed by atoms with E-state index in [0.29, 0.717) is 17.7 Å². The van der Waals surface area contributed by atoms with Crippen LogP contribution < -0.4 is 10.1 Å². The van der Waals surface area contributed by atoms with E-state index in [-0.39, 0.29) is 11.5 Å². The fourth-order valence-electron chi connectivity index (χ4n) is 2.32. The van der Waals surface area contributed by atoms with Gasteiger partial charge in [-0.2, -0.15) is 0 Å². The first kappa shape index (κ1) is 19.8. The molecule has 1 atom stereocenters. The number of ether oxygens (including phenoxy) is 2. The molecule has 0 saturated heterocycles. The van der Waals surface area contributed by atoms with Crippen LogP contribution in [0.1, 0.15) is 30.7 Å². The van der Waals surface area contributed by atoms with E-state index in [0.717, 1.165) is 6.42 Å². The molecule has 2 aromatic rings. The molecule has 6 nitrogen and oxygen atoms in total. The lowest BCUT2D eigenvalue weighted by Crippen LogP contribution is -2.34. The maximum absolute atomic E-state index is 13.1. The van der Waals surface area contributed by atoms with Crippen molar-refractivity contribution in [1.29, 1.82) is 0 Å². The van der Waals surface area contributed by atoms with E-state index in [9.17, 15) is 13.2 Å². The van der Waals surface area contributed by atoms with Crippen molar-refractivity contribution in [3.63, 3.8) is 0 Å². The largest absolute Gasteiger partial charge is 0.497 e.